The molecule has 1 aliphatic heterocycles. The van der Waals surface area contributed by atoms with Crippen LogP contribution in [-0.2, 0) is 11.2 Å². The van der Waals surface area contributed by atoms with Crippen molar-refractivity contribution in [3.05, 3.63) is 65.9 Å². The van der Waals surface area contributed by atoms with Crippen molar-refractivity contribution >= 4 is 22.5 Å². The first-order valence-electron chi connectivity index (χ1n) is 11.5. The molecule has 0 spiro atoms. The Hall–Kier alpha value is -2.79. The van der Waals surface area contributed by atoms with Crippen LogP contribution in [0.2, 0.25) is 0 Å². The smallest absolute Gasteiger partial charge is 0.220 e. The monoisotopic (exact) mass is 418 g/mol. The predicted molar refractivity (Wildman–Crippen MR) is 129 cm³/mol. The molecule has 164 valence electrons. The maximum atomic E-state index is 12.2. The number of aryl methyl sites for hydroxylation is 2. The lowest BCUT2D eigenvalue weighted by molar-refractivity contribution is -0.121. The van der Waals surface area contributed by atoms with E-state index >= 15 is 0 Å². The number of benzene rings is 2. The minimum Gasteiger partial charge on any atom is -0.369 e. The molecule has 1 aliphatic rings. The van der Waals surface area contributed by atoms with E-state index in [9.17, 15) is 4.79 Å². The van der Waals surface area contributed by atoms with Crippen molar-refractivity contribution in [2.75, 3.05) is 44.2 Å². The van der Waals surface area contributed by atoms with E-state index in [2.05, 4.69) is 75.7 Å². The fourth-order valence-electron chi connectivity index (χ4n) is 4.45. The fourth-order valence-corrected chi connectivity index (χ4v) is 4.45. The van der Waals surface area contributed by atoms with E-state index in [0.29, 0.717) is 6.42 Å². The number of aromatic nitrogens is 1. The average Bonchev–Trinajstić information content (AvgIpc) is 3.20. The largest absolute Gasteiger partial charge is 0.369 e. The molecule has 0 radical (unpaired) electrons. The topological polar surface area (TPSA) is 51.4 Å². The fraction of sp³-hybridized carbons (Fsp3) is 0.423. The van der Waals surface area contributed by atoms with Crippen LogP contribution in [0, 0.1) is 6.92 Å². The first-order valence-corrected chi connectivity index (χ1v) is 11.5. The van der Waals surface area contributed by atoms with Gasteiger partial charge in [-0.2, -0.15) is 0 Å². The molecule has 0 atom stereocenters. The highest BCUT2D eigenvalue weighted by molar-refractivity contribution is 5.83. The number of H-pyrrole nitrogens is 1. The van der Waals surface area contributed by atoms with Gasteiger partial charge in [0.2, 0.25) is 5.91 Å². The number of fused-ring (bicyclic) bond motifs is 1. The SMILES string of the molecule is Cc1cccc(N2CCN(CCCNC(=O)CCCc3c[nH]c4ccccc34)CC2)c1. The van der Waals surface area contributed by atoms with Gasteiger partial charge in [-0.05, 0) is 62.1 Å². The number of piperazine rings is 1. The van der Waals surface area contributed by atoms with Gasteiger partial charge < -0.3 is 15.2 Å². The number of carbonyl (C=O) groups is 1. The van der Waals surface area contributed by atoms with Crippen LogP contribution in [0.15, 0.2) is 54.7 Å². The first-order chi connectivity index (χ1) is 15.2. The van der Waals surface area contributed by atoms with Crippen molar-refractivity contribution in [2.45, 2.75) is 32.6 Å². The van der Waals surface area contributed by atoms with Gasteiger partial charge in [0.1, 0.15) is 0 Å². The molecule has 5 nitrogen and oxygen atoms in total. The molecule has 2 aromatic carbocycles. The molecule has 4 rings (SSSR count). The Kier molecular flexibility index (Phi) is 7.26. The Bertz CT molecular complexity index is 988. The predicted octanol–water partition coefficient (Wildman–Crippen LogP) is 4.13. The lowest BCUT2D eigenvalue weighted by Crippen LogP contribution is -2.47. The van der Waals surface area contributed by atoms with E-state index in [4.69, 9.17) is 0 Å². The van der Waals surface area contributed by atoms with Gasteiger partial charge in [0.25, 0.3) is 0 Å². The zero-order valence-electron chi connectivity index (χ0n) is 18.6. The minimum atomic E-state index is 0.170. The Morgan fingerprint density at radius 3 is 2.71 bits per heavy atom. The van der Waals surface area contributed by atoms with Gasteiger partial charge in [-0.1, -0.05) is 30.3 Å². The molecule has 5 heteroatoms. The number of para-hydroxylation sites is 1. The summed E-state index contributed by atoms with van der Waals surface area (Å²) in [4.78, 5) is 20.5. The second kappa shape index (κ2) is 10.5. The van der Waals surface area contributed by atoms with Crippen molar-refractivity contribution in [1.82, 2.24) is 15.2 Å². The van der Waals surface area contributed by atoms with E-state index < -0.39 is 0 Å². The summed E-state index contributed by atoms with van der Waals surface area (Å²) in [6.07, 6.45) is 5.49. The second-order valence-electron chi connectivity index (χ2n) is 8.58. The molecule has 1 fully saturated rings. The summed E-state index contributed by atoms with van der Waals surface area (Å²) in [5.74, 6) is 0.170. The lowest BCUT2D eigenvalue weighted by Gasteiger charge is -2.36. The van der Waals surface area contributed by atoms with Crippen LogP contribution in [0.25, 0.3) is 10.9 Å². The molecule has 0 aliphatic carbocycles. The third kappa shape index (κ3) is 5.88. The minimum absolute atomic E-state index is 0.170. The van der Waals surface area contributed by atoms with E-state index in [1.807, 2.05) is 6.07 Å². The van der Waals surface area contributed by atoms with Crippen molar-refractivity contribution in [2.24, 2.45) is 0 Å². The number of rotatable bonds is 9. The maximum absolute atomic E-state index is 12.2. The molecule has 2 N–H and O–H groups in total. The third-order valence-corrected chi connectivity index (χ3v) is 6.24. The molecule has 3 aromatic rings. The standard InChI is InChI=1S/C26H34N4O/c1-21-7-4-9-23(19-21)30-17-15-29(16-18-30)14-6-13-27-26(31)12-5-8-22-20-28-25-11-3-2-10-24(22)25/h2-4,7,9-11,19-20,28H,5-6,8,12-18H2,1H3,(H,27,31). The number of anilines is 1. The highest BCUT2D eigenvalue weighted by Gasteiger charge is 2.16. The Morgan fingerprint density at radius 1 is 1.03 bits per heavy atom. The van der Waals surface area contributed by atoms with Crippen molar-refractivity contribution < 1.29 is 4.79 Å². The highest BCUT2D eigenvalue weighted by atomic mass is 16.1. The van der Waals surface area contributed by atoms with Gasteiger partial charge in [-0.25, -0.2) is 0 Å². The number of amides is 1. The molecule has 1 saturated heterocycles. The summed E-state index contributed by atoms with van der Waals surface area (Å²) < 4.78 is 0. The molecule has 0 bridgehead atoms. The average molecular weight is 419 g/mol. The molecular formula is C26H34N4O. The summed E-state index contributed by atoms with van der Waals surface area (Å²) in [6, 6.07) is 17.1. The van der Waals surface area contributed by atoms with Gasteiger partial charge in [0.05, 0.1) is 0 Å². The highest BCUT2D eigenvalue weighted by Crippen LogP contribution is 2.20. The van der Waals surface area contributed by atoms with E-state index in [-0.39, 0.29) is 5.91 Å². The number of nitrogens with zero attached hydrogens (tertiary/aromatic N) is 2. The van der Waals surface area contributed by atoms with Crippen molar-refractivity contribution in [3.8, 4) is 0 Å². The molecule has 1 aromatic heterocycles. The van der Waals surface area contributed by atoms with Crippen LogP contribution in [0.4, 0.5) is 5.69 Å². The van der Waals surface area contributed by atoms with Gasteiger partial charge in [0.15, 0.2) is 0 Å². The Morgan fingerprint density at radius 2 is 1.87 bits per heavy atom. The molecular weight excluding hydrogens is 384 g/mol. The number of hydrogen-bond acceptors (Lipinski definition) is 3. The summed E-state index contributed by atoms with van der Waals surface area (Å²) in [5.41, 5.74) is 5.12. The van der Waals surface area contributed by atoms with E-state index in [1.54, 1.807) is 0 Å². The molecule has 0 unspecified atom stereocenters. The van der Waals surface area contributed by atoms with Gasteiger partial charge in [0, 0.05) is 61.9 Å². The summed E-state index contributed by atoms with van der Waals surface area (Å²) in [5, 5.41) is 4.37. The summed E-state index contributed by atoms with van der Waals surface area (Å²) >= 11 is 0. The number of aromatic amines is 1. The van der Waals surface area contributed by atoms with Crippen LogP contribution in [0.1, 0.15) is 30.4 Å². The zero-order valence-corrected chi connectivity index (χ0v) is 18.6. The van der Waals surface area contributed by atoms with Crippen molar-refractivity contribution in [1.29, 1.82) is 0 Å². The number of carbonyl (C=O) groups excluding carboxylic acids is 1. The third-order valence-electron chi connectivity index (χ3n) is 6.24. The second-order valence-corrected chi connectivity index (χ2v) is 8.58. The van der Waals surface area contributed by atoms with Crippen LogP contribution in [-0.4, -0.2) is 55.1 Å². The summed E-state index contributed by atoms with van der Waals surface area (Å²) in [6.45, 7) is 8.30. The van der Waals surface area contributed by atoms with Gasteiger partial charge >= 0.3 is 0 Å². The summed E-state index contributed by atoms with van der Waals surface area (Å²) in [7, 11) is 0. The Balaban J connectivity index is 1.08. The van der Waals surface area contributed by atoms with Crippen LogP contribution >= 0.6 is 0 Å². The maximum Gasteiger partial charge on any atom is 0.220 e. The van der Waals surface area contributed by atoms with Crippen LogP contribution in [0.3, 0.4) is 0 Å². The molecule has 2 heterocycles. The number of hydrogen-bond donors (Lipinski definition) is 2. The van der Waals surface area contributed by atoms with Gasteiger partial charge in [-0.3, -0.25) is 9.69 Å². The zero-order chi connectivity index (χ0) is 21.5. The molecule has 1 amide bonds. The van der Waals surface area contributed by atoms with Gasteiger partial charge in [-0.15, -0.1) is 0 Å². The molecule has 0 saturated carbocycles. The van der Waals surface area contributed by atoms with E-state index in [1.165, 1.54) is 27.7 Å². The quantitative estimate of drug-likeness (QED) is 0.514. The Labute approximate surface area is 185 Å². The van der Waals surface area contributed by atoms with Crippen molar-refractivity contribution in [3.63, 3.8) is 0 Å². The first kappa shape index (κ1) is 21.4. The normalized spacial score (nSPS) is 14.8. The van der Waals surface area contributed by atoms with Crippen LogP contribution in [0.5, 0.6) is 0 Å². The molecule has 31 heavy (non-hydrogen) atoms. The van der Waals surface area contributed by atoms with E-state index in [0.717, 1.165) is 58.5 Å². The van der Waals surface area contributed by atoms with Crippen LogP contribution < -0.4 is 10.2 Å². The number of nitrogens with one attached hydrogen (secondary N) is 2. The lowest BCUT2D eigenvalue weighted by atomic mass is 10.1.